The molecule has 18 heteroatoms. The van der Waals surface area contributed by atoms with Crippen LogP contribution in [0.4, 0.5) is 0 Å². The number of aliphatic hydroxyl groups excluding tert-OH is 2. The fourth-order valence-corrected chi connectivity index (χ4v) is 19.8. The highest BCUT2D eigenvalue weighted by Crippen LogP contribution is 2.51. The van der Waals surface area contributed by atoms with Crippen molar-refractivity contribution in [2.24, 2.45) is 76.9 Å². The molecule has 0 radical (unpaired) electrons. The Balaban J connectivity index is 0.000000151. The summed E-state index contributed by atoms with van der Waals surface area (Å²) >= 11 is 0. The number of carbonyl (C=O) groups is 1. The van der Waals surface area contributed by atoms with Crippen LogP contribution in [-0.2, 0) is 24.8 Å². The van der Waals surface area contributed by atoms with Crippen molar-refractivity contribution in [2.45, 2.75) is 96.4 Å². The van der Waals surface area contributed by atoms with Gasteiger partial charge in [-0.1, -0.05) is 133 Å². The van der Waals surface area contributed by atoms with Crippen molar-refractivity contribution in [3.05, 3.63) is 180 Å². The number of fused-ring (bicyclic) bond motifs is 3. The summed E-state index contributed by atoms with van der Waals surface area (Å²) in [5.41, 5.74) is 9.61. The van der Waals surface area contributed by atoms with Crippen LogP contribution in [-0.4, -0.2) is 101 Å². The molecule has 1 amide bonds. The van der Waals surface area contributed by atoms with E-state index in [-0.39, 0.29) is 83.8 Å². The first-order valence-corrected chi connectivity index (χ1v) is 35.1. The number of hydrogen-bond acceptors (Lipinski definition) is 13. The number of rotatable bonds is 11. The zero-order valence-electron chi connectivity index (χ0n) is 53.4. The molecule has 4 N–H and O–H groups in total. The van der Waals surface area contributed by atoms with E-state index < -0.39 is 31.3 Å². The Labute approximate surface area is 543 Å². The van der Waals surface area contributed by atoms with E-state index in [9.17, 15) is 47.6 Å². The number of aliphatic hydroxyl groups is 2. The minimum absolute atomic E-state index is 0.0242. The minimum atomic E-state index is -3.41. The summed E-state index contributed by atoms with van der Waals surface area (Å²) in [6.07, 6.45) is 20.2. The summed E-state index contributed by atoms with van der Waals surface area (Å²) in [6, 6.07) is 40.2. The lowest BCUT2D eigenvalue weighted by molar-refractivity contribution is -0.124. The van der Waals surface area contributed by atoms with Gasteiger partial charge < -0.3 is 15.5 Å². The third-order valence-electron chi connectivity index (χ3n) is 21.5. The number of aromatic nitrogens is 3. The molecule has 3 aliphatic carbocycles. The lowest BCUT2D eigenvalue weighted by Gasteiger charge is -2.42. The zero-order valence-corrected chi connectivity index (χ0v) is 55.0. The summed E-state index contributed by atoms with van der Waals surface area (Å²) in [5.74, 6) is 2.82. The third kappa shape index (κ3) is 13.6. The number of carbonyl (C=O) groups excluding carboxylic acids is 1. The summed E-state index contributed by atoms with van der Waals surface area (Å²) in [4.78, 5) is 26.1. The molecular formula is C74H83N9O7S2. The molecule has 0 bridgehead atoms. The number of benzene rings is 3. The van der Waals surface area contributed by atoms with E-state index in [2.05, 4.69) is 103 Å². The van der Waals surface area contributed by atoms with Crippen LogP contribution in [0.5, 0.6) is 0 Å². The van der Waals surface area contributed by atoms with Gasteiger partial charge >= 0.3 is 0 Å². The molecule has 0 unspecified atom stereocenters. The van der Waals surface area contributed by atoms with Gasteiger partial charge in [-0.15, -0.1) is 0 Å². The van der Waals surface area contributed by atoms with Crippen molar-refractivity contribution >= 4 is 44.2 Å². The molecule has 3 saturated carbocycles. The monoisotopic (exact) mass is 1270 g/mol. The quantitative estimate of drug-likeness (QED) is 0.0941. The maximum Gasteiger partial charge on any atom is 0.223 e. The lowest BCUT2D eigenvalue weighted by atomic mass is 9.62. The molecule has 478 valence electrons. The van der Waals surface area contributed by atoms with E-state index in [0.29, 0.717) is 52.7 Å². The van der Waals surface area contributed by atoms with Gasteiger partial charge in [0.15, 0.2) is 0 Å². The number of allylic oxidation sites excluding steroid dienone is 3. The second-order valence-electron chi connectivity index (χ2n) is 26.4. The van der Waals surface area contributed by atoms with Gasteiger partial charge in [0.25, 0.3) is 0 Å². The molecule has 3 aliphatic heterocycles. The number of sulfonamides is 2. The van der Waals surface area contributed by atoms with Crippen molar-refractivity contribution in [3.8, 4) is 51.6 Å². The Morgan fingerprint density at radius 2 is 0.924 bits per heavy atom. The van der Waals surface area contributed by atoms with E-state index in [4.69, 9.17) is 0 Å². The first kappa shape index (κ1) is 66.9. The average Bonchev–Trinajstić information content (AvgIpc) is 1.60. The van der Waals surface area contributed by atoms with Gasteiger partial charge in [0.1, 0.15) is 0 Å². The summed E-state index contributed by atoms with van der Waals surface area (Å²) in [6.45, 7) is 14.8. The summed E-state index contributed by atoms with van der Waals surface area (Å²) in [7, 11) is -4.91. The van der Waals surface area contributed by atoms with Gasteiger partial charge in [-0.05, 0) is 146 Å². The second kappa shape index (κ2) is 28.5. The van der Waals surface area contributed by atoms with Crippen molar-refractivity contribution in [1.29, 1.82) is 15.8 Å². The van der Waals surface area contributed by atoms with Crippen LogP contribution in [0.3, 0.4) is 0 Å². The molecule has 16 nitrogen and oxygen atoms in total. The molecule has 3 aromatic heterocycles. The Morgan fingerprint density at radius 3 is 1.33 bits per heavy atom. The Morgan fingerprint density at radius 1 is 0.533 bits per heavy atom. The highest BCUT2D eigenvalue weighted by atomic mass is 32.2. The molecular weight excluding hydrogens is 1190 g/mol. The zero-order chi connectivity index (χ0) is 65.8. The van der Waals surface area contributed by atoms with Crippen molar-refractivity contribution < 1.29 is 31.8 Å². The average molecular weight is 1270 g/mol. The predicted molar refractivity (Wildman–Crippen MR) is 359 cm³/mol. The van der Waals surface area contributed by atoms with Gasteiger partial charge in [-0.25, -0.2) is 25.9 Å². The molecule has 92 heavy (non-hydrogen) atoms. The number of pyridine rings is 3. The highest BCUT2D eigenvalue weighted by molar-refractivity contribution is 7.90. The normalized spacial score (nSPS) is 31.8. The number of hydrogen-bond donors (Lipinski definition) is 4. The van der Waals surface area contributed by atoms with Crippen LogP contribution in [0, 0.1) is 111 Å². The second-order valence-corrected chi connectivity index (χ2v) is 30.7. The number of nitriles is 3. The number of nitrogens with zero attached hydrogens (tertiary/aromatic N) is 7. The standard InChI is InChI=1S/C25H29N3O2S.C25H27N3O2.C24H27N3O3S/c1-16-13-24-25(18(3)31(29,30)28(24)4)22(17(16)2)12-11-21-10-9-20(15-27-21)23-8-6-5-7-19(23)14-26;1-15-11-22-24(23(14-29)28-25(22)30)20(16(15)2)10-9-19-8-7-18(13-27-19)21-6-4-3-5-17(21)12-26;1-15-11-23-24(22(14-28)27-31(23,29)30)20(16(15)2)10-9-19-8-7-18(13-26-19)21-6-4-3-5-17(21)12-25/h5-12,15-18,22,24-25H,13H2,1-4H3;3-10,13,15-16,20,22-24,29H,11,14H2,1-2H3,(H,28,30);3-10,13,15-16,20,22-24,27-28H,11,14H2,1-2H3/b12-11+;2*10-9+/t16-,17+,18+,22-,24+,25-;15-,16+,20-,22+,23+,24-;15-,16+,20-,22+,23+,24+/m000/s1. The van der Waals surface area contributed by atoms with E-state index in [1.807, 2.05) is 116 Å². The molecule has 6 aliphatic rings. The third-order valence-corrected chi connectivity index (χ3v) is 25.8. The van der Waals surface area contributed by atoms with Crippen LogP contribution in [0.2, 0.25) is 0 Å². The Hall–Kier alpha value is -7.99. The fraction of sp³-hybridized carbons (Fsp3) is 0.419. The number of amides is 1. The van der Waals surface area contributed by atoms with Gasteiger partial charge in [0.2, 0.25) is 26.0 Å². The van der Waals surface area contributed by atoms with E-state index >= 15 is 0 Å². The van der Waals surface area contributed by atoms with Crippen molar-refractivity contribution in [3.63, 3.8) is 0 Å². The molecule has 6 aromatic rings. The minimum Gasteiger partial charge on any atom is -0.395 e. The SMILES string of the molecule is C[C@H]1[C@H](/C=C/c2ccc(-c3ccccc3C#N)cn2)[C@@H]2[C@@H](CO)NC(=O)[C@@H]2C[C@@H]1C.C[C@H]1[C@H](/C=C/c2ccc(-c3ccccc3C#N)cn2)[C@H]2[C@@H](C[C@@H]1C)N(C)S(=O)(=O)[C@@H]2C.C[C@H]1[C@H](/C=C/c2ccc(-c3ccccc3C#N)cn2)[C@H]2[C@@H](C[C@@H]1C)S(=O)(=O)N[C@@H]2CO. The van der Waals surface area contributed by atoms with Gasteiger partial charge in [0.05, 0.1) is 81.7 Å². The maximum absolute atomic E-state index is 12.8. The first-order chi connectivity index (χ1) is 44.1. The largest absolute Gasteiger partial charge is 0.395 e. The molecule has 3 aromatic carbocycles. The van der Waals surface area contributed by atoms with Crippen LogP contribution in [0.25, 0.3) is 51.6 Å². The van der Waals surface area contributed by atoms with Crippen LogP contribution in [0.1, 0.15) is 102 Å². The van der Waals surface area contributed by atoms with Crippen LogP contribution < -0.4 is 10.0 Å². The molecule has 3 saturated heterocycles. The molecule has 18 atom stereocenters. The van der Waals surface area contributed by atoms with Gasteiger partial charge in [0, 0.05) is 82.9 Å². The predicted octanol–water partition coefficient (Wildman–Crippen LogP) is 11.4. The topological polar surface area (TPSA) is 263 Å². The Kier molecular flexibility index (Phi) is 20.7. The van der Waals surface area contributed by atoms with Crippen LogP contribution >= 0.6 is 0 Å². The lowest BCUT2D eigenvalue weighted by Crippen LogP contribution is -2.44. The van der Waals surface area contributed by atoms with Crippen LogP contribution in [0.15, 0.2) is 146 Å². The summed E-state index contributed by atoms with van der Waals surface area (Å²) < 4.78 is 55.0. The van der Waals surface area contributed by atoms with Gasteiger partial charge in [-0.2, -0.15) is 15.8 Å². The maximum atomic E-state index is 12.8. The first-order valence-electron chi connectivity index (χ1n) is 32.1. The van der Waals surface area contributed by atoms with E-state index in [1.54, 1.807) is 48.1 Å². The molecule has 6 fully saturated rings. The van der Waals surface area contributed by atoms with Crippen molar-refractivity contribution in [1.82, 2.24) is 29.3 Å². The van der Waals surface area contributed by atoms with Crippen molar-refractivity contribution in [2.75, 3.05) is 20.3 Å². The molecule has 6 heterocycles. The Bertz CT molecular complexity index is 3970. The van der Waals surface area contributed by atoms with E-state index in [0.717, 1.165) is 63.3 Å². The van der Waals surface area contributed by atoms with E-state index in [1.165, 1.54) is 0 Å². The smallest absolute Gasteiger partial charge is 0.223 e. The summed E-state index contributed by atoms with van der Waals surface area (Å²) in [5, 5.41) is 49.7. The molecule has 12 rings (SSSR count). The highest BCUT2D eigenvalue weighted by Gasteiger charge is 2.57. The van der Waals surface area contributed by atoms with Gasteiger partial charge in [-0.3, -0.25) is 19.7 Å². The molecule has 0 spiro atoms. The fourth-order valence-electron chi connectivity index (χ4n) is 15.7. The number of nitrogens with one attached hydrogen (secondary N) is 2.